The van der Waals surface area contributed by atoms with Gasteiger partial charge in [0.05, 0.1) is 11.2 Å². The summed E-state index contributed by atoms with van der Waals surface area (Å²) in [6, 6.07) is 15.0. The number of benzene rings is 2. The van der Waals surface area contributed by atoms with Crippen LogP contribution in [0.15, 0.2) is 67.0 Å². The number of hydrogen-bond donors (Lipinski definition) is 1. The van der Waals surface area contributed by atoms with Gasteiger partial charge in [-0.3, -0.25) is 9.78 Å². The molecule has 2 heterocycles. The molecule has 1 saturated heterocycles. The van der Waals surface area contributed by atoms with Crippen molar-refractivity contribution in [2.24, 2.45) is 0 Å². The van der Waals surface area contributed by atoms with E-state index in [0.717, 1.165) is 17.7 Å². The SMILES string of the molecule is O=C(c1cc(F)c(F)cc1-c1ccncc1)N1CCC(O)(Cc2ccccc2)CC1. The van der Waals surface area contributed by atoms with Gasteiger partial charge in [-0.05, 0) is 53.8 Å². The zero-order chi connectivity index (χ0) is 21.1. The second kappa shape index (κ2) is 8.32. The summed E-state index contributed by atoms with van der Waals surface area (Å²) in [5.74, 6) is -2.44. The van der Waals surface area contributed by atoms with E-state index in [1.54, 1.807) is 17.0 Å². The normalized spacial score (nSPS) is 15.8. The van der Waals surface area contributed by atoms with Crippen molar-refractivity contribution in [3.8, 4) is 11.1 Å². The molecule has 0 radical (unpaired) electrons. The zero-order valence-corrected chi connectivity index (χ0v) is 16.4. The summed E-state index contributed by atoms with van der Waals surface area (Å²) in [4.78, 5) is 18.7. The topological polar surface area (TPSA) is 53.4 Å². The average Bonchev–Trinajstić information content (AvgIpc) is 2.76. The van der Waals surface area contributed by atoms with Crippen LogP contribution in [0.3, 0.4) is 0 Å². The molecule has 6 heteroatoms. The highest BCUT2D eigenvalue weighted by atomic mass is 19.2. The highest BCUT2D eigenvalue weighted by Gasteiger charge is 2.35. The molecular formula is C24H22F2N2O2. The Bertz CT molecular complexity index is 1030. The number of likely N-dealkylation sites (tertiary alicyclic amines) is 1. The molecule has 0 aliphatic carbocycles. The third-order valence-electron chi connectivity index (χ3n) is 5.64. The van der Waals surface area contributed by atoms with Crippen LogP contribution in [0.5, 0.6) is 0 Å². The molecule has 1 N–H and O–H groups in total. The first-order valence-corrected chi connectivity index (χ1v) is 9.90. The number of halogens is 2. The lowest BCUT2D eigenvalue weighted by molar-refractivity contribution is -0.0162. The van der Waals surface area contributed by atoms with E-state index in [4.69, 9.17) is 0 Å². The Morgan fingerprint density at radius 2 is 1.63 bits per heavy atom. The van der Waals surface area contributed by atoms with Crippen LogP contribution in [-0.4, -0.2) is 39.6 Å². The van der Waals surface area contributed by atoms with Crippen molar-refractivity contribution in [3.63, 3.8) is 0 Å². The summed E-state index contributed by atoms with van der Waals surface area (Å²) in [6.45, 7) is 0.688. The van der Waals surface area contributed by atoms with Crippen molar-refractivity contribution in [1.29, 1.82) is 0 Å². The van der Waals surface area contributed by atoms with E-state index in [-0.39, 0.29) is 11.5 Å². The van der Waals surface area contributed by atoms with Gasteiger partial charge >= 0.3 is 0 Å². The fourth-order valence-electron chi connectivity index (χ4n) is 3.94. The molecule has 154 valence electrons. The Hall–Kier alpha value is -3.12. The number of aromatic nitrogens is 1. The molecule has 0 spiro atoms. The lowest BCUT2D eigenvalue weighted by Crippen LogP contribution is -2.47. The van der Waals surface area contributed by atoms with E-state index >= 15 is 0 Å². The molecule has 4 nitrogen and oxygen atoms in total. The van der Waals surface area contributed by atoms with Crippen molar-refractivity contribution in [2.45, 2.75) is 24.9 Å². The van der Waals surface area contributed by atoms with Gasteiger partial charge in [0.15, 0.2) is 11.6 Å². The standard InChI is InChI=1S/C24H22F2N2O2/c25-21-14-19(18-6-10-27-11-7-18)20(15-22(21)26)23(29)28-12-8-24(30,9-13-28)16-17-4-2-1-3-5-17/h1-7,10-11,14-15,30H,8-9,12-13,16H2. The Morgan fingerprint density at radius 3 is 2.30 bits per heavy atom. The Morgan fingerprint density at radius 1 is 1.00 bits per heavy atom. The number of piperidine rings is 1. The van der Waals surface area contributed by atoms with E-state index in [1.165, 1.54) is 12.4 Å². The van der Waals surface area contributed by atoms with Crippen LogP contribution in [0.2, 0.25) is 0 Å². The molecule has 30 heavy (non-hydrogen) atoms. The number of carbonyl (C=O) groups is 1. The maximum absolute atomic E-state index is 14.0. The Kier molecular flexibility index (Phi) is 5.59. The summed E-state index contributed by atoms with van der Waals surface area (Å²) in [5, 5.41) is 11.0. The maximum atomic E-state index is 14.0. The summed E-state index contributed by atoms with van der Waals surface area (Å²) in [5.41, 5.74) is 1.17. The number of rotatable bonds is 4. The molecule has 1 aliphatic rings. The minimum Gasteiger partial charge on any atom is -0.389 e. The number of hydrogen-bond acceptors (Lipinski definition) is 3. The number of amides is 1. The molecule has 3 aromatic rings. The number of carbonyl (C=O) groups excluding carboxylic acids is 1. The predicted octanol–water partition coefficient (Wildman–Crippen LogP) is 4.24. The van der Waals surface area contributed by atoms with Gasteiger partial charge in [-0.25, -0.2) is 8.78 Å². The first-order valence-electron chi connectivity index (χ1n) is 9.90. The average molecular weight is 408 g/mol. The van der Waals surface area contributed by atoms with Gasteiger partial charge in [0.25, 0.3) is 5.91 Å². The first kappa shape index (κ1) is 20.2. The van der Waals surface area contributed by atoms with Crippen molar-refractivity contribution >= 4 is 5.91 Å². The van der Waals surface area contributed by atoms with Crippen LogP contribution in [0.25, 0.3) is 11.1 Å². The van der Waals surface area contributed by atoms with E-state index in [2.05, 4.69) is 4.98 Å². The molecule has 1 fully saturated rings. The van der Waals surface area contributed by atoms with Gasteiger partial charge < -0.3 is 10.0 Å². The third kappa shape index (κ3) is 4.24. The molecule has 1 aliphatic heterocycles. The Labute approximate surface area is 173 Å². The first-order chi connectivity index (χ1) is 14.5. The molecule has 4 rings (SSSR count). The van der Waals surface area contributed by atoms with Crippen LogP contribution < -0.4 is 0 Å². The minimum atomic E-state index is -1.06. The summed E-state index contributed by atoms with van der Waals surface area (Å²) in [7, 11) is 0. The van der Waals surface area contributed by atoms with Crippen LogP contribution in [0, 0.1) is 11.6 Å². The Balaban J connectivity index is 1.54. The fourth-order valence-corrected chi connectivity index (χ4v) is 3.94. The quantitative estimate of drug-likeness (QED) is 0.703. The van der Waals surface area contributed by atoms with Crippen molar-refractivity contribution in [3.05, 3.63) is 89.8 Å². The van der Waals surface area contributed by atoms with Gasteiger partial charge in [-0.2, -0.15) is 0 Å². The smallest absolute Gasteiger partial charge is 0.254 e. The minimum absolute atomic E-state index is 0.105. The van der Waals surface area contributed by atoms with E-state index in [0.29, 0.717) is 43.5 Å². The second-order valence-corrected chi connectivity index (χ2v) is 7.73. The van der Waals surface area contributed by atoms with Crippen LogP contribution in [0.4, 0.5) is 8.78 Å². The van der Waals surface area contributed by atoms with E-state index in [9.17, 15) is 18.7 Å². The molecule has 2 aromatic carbocycles. The van der Waals surface area contributed by atoms with Gasteiger partial charge in [0, 0.05) is 31.9 Å². The molecule has 1 amide bonds. The number of pyridine rings is 1. The lowest BCUT2D eigenvalue weighted by atomic mass is 9.85. The number of nitrogens with zero attached hydrogens (tertiary/aromatic N) is 2. The van der Waals surface area contributed by atoms with Crippen molar-refractivity contribution in [1.82, 2.24) is 9.88 Å². The van der Waals surface area contributed by atoms with Crippen molar-refractivity contribution in [2.75, 3.05) is 13.1 Å². The molecule has 0 atom stereocenters. The second-order valence-electron chi connectivity index (χ2n) is 7.73. The van der Waals surface area contributed by atoms with Crippen LogP contribution >= 0.6 is 0 Å². The van der Waals surface area contributed by atoms with Crippen LogP contribution in [0.1, 0.15) is 28.8 Å². The molecule has 0 unspecified atom stereocenters. The van der Waals surface area contributed by atoms with Gasteiger partial charge in [0.2, 0.25) is 0 Å². The lowest BCUT2D eigenvalue weighted by Gasteiger charge is -2.38. The van der Waals surface area contributed by atoms with Crippen molar-refractivity contribution < 1.29 is 18.7 Å². The van der Waals surface area contributed by atoms with Gasteiger partial charge in [-0.1, -0.05) is 30.3 Å². The summed E-state index contributed by atoms with van der Waals surface area (Å²) < 4.78 is 27.9. The number of aliphatic hydroxyl groups is 1. The fraction of sp³-hybridized carbons (Fsp3) is 0.250. The van der Waals surface area contributed by atoms with E-state index < -0.39 is 17.2 Å². The zero-order valence-electron chi connectivity index (χ0n) is 16.4. The highest BCUT2D eigenvalue weighted by Crippen LogP contribution is 2.31. The third-order valence-corrected chi connectivity index (χ3v) is 5.64. The summed E-state index contributed by atoms with van der Waals surface area (Å²) in [6.07, 6.45) is 4.43. The molecule has 1 aromatic heterocycles. The highest BCUT2D eigenvalue weighted by molar-refractivity contribution is 6.01. The molecule has 0 saturated carbocycles. The summed E-state index contributed by atoms with van der Waals surface area (Å²) >= 11 is 0. The van der Waals surface area contributed by atoms with Gasteiger partial charge in [-0.15, -0.1) is 0 Å². The van der Waals surface area contributed by atoms with Gasteiger partial charge in [0.1, 0.15) is 0 Å². The monoisotopic (exact) mass is 408 g/mol. The predicted molar refractivity (Wildman–Crippen MR) is 110 cm³/mol. The van der Waals surface area contributed by atoms with Crippen LogP contribution in [-0.2, 0) is 6.42 Å². The molecular weight excluding hydrogens is 386 g/mol. The van der Waals surface area contributed by atoms with E-state index in [1.807, 2.05) is 30.3 Å². The molecule has 0 bridgehead atoms. The largest absolute Gasteiger partial charge is 0.389 e. The maximum Gasteiger partial charge on any atom is 0.254 e.